The molecule has 0 aromatic heterocycles. The fourth-order valence-corrected chi connectivity index (χ4v) is 4.64. The summed E-state index contributed by atoms with van der Waals surface area (Å²) in [7, 11) is 0.143. The first-order valence-electron chi connectivity index (χ1n) is 8.15. The lowest BCUT2D eigenvalue weighted by Gasteiger charge is -2.35. The van der Waals surface area contributed by atoms with E-state index in [0.717, 1.165) is 5.69 Å². The van der Waals surface area contributed by atoms with Crippen LogP contribution in [0.25, 0.3) is 0 Å². The minimum absolute atomic E-state index is 0.251. The summed E-state index contributed by atoms with van der Waals surface area (Å²) < 4.78 is 41.3. The molecular formula is C18H22FN3O2S. The molecule has 1 saturated heterocycles. The van der Waals surface area contributed by atoms with Gasteiger partial charge in [-0.05, 0) is 42.0 Å². The summed E-state index contributed by atoms with van der Waals surface area (Å²) in [4.78, 5) is 2.16. The van der Waals surface area contributed by atoms with Gasteiger partial charge in [-0.1, -0.05) is 12.1 Å². The minimum atomic E-state index is -3.66. The van der Waals surface area contributed by atoms with Gasteiger partial charge in [0.25, 0.3) is 0 Å². The van der Waals surface area contributed by atoms with Crippen molar-refractivity contribution in [3.05, 3.63) is 59.9 Å². The van der Waals surface area contributed by atoms with Gasteiger partial charge in [0, 0.05) is 39.4 Å². The van der Waals surface area contributed by atoms with Gasteiger partial charge in [-0.25, -0.2) is 12.8 Å². The topological polar surface area (TPSA) is 52.7 Å². The van der Waals surface area contributed by atoms with Crippen molar-refractivity contribution in [2.24, 2.45) is 0 Å². The first-order chi connectivity index (χ1) is 11.9. The van der Waals surface area contributed by atoms with E-state index in [1.165, 1.54) is 16.4 Å². The molecule has 0 spiro atoms. The van der Waals surface area contributed by atoms with E-state index in [4.69, 9.17) is 0 Å². The molecule has 1 unspecified atom stereocenters. The molecule has 0 radical (unpaired) electrons. The molecule has 134 valence electrons. The van der Waals surface area contributed by atoms with Gasteiger partial charge in [-0.15, -0.1) is 0 Å². The van der Waals surface area contributed by atoms with Crippen molar-refractivity contribution in [2.45, 2.75) is 10.9 Å². The number of nitrogens with zero attached hydrogens (tertiary/aromatic N) is 2. The fourth-order valence-electron chi connectivity index (χ4n) is 3.02. The Labute approximate surface area is 148 Å². The number of nitrogens with one attached hydrogen (secondary N) is 1. The largest absolute Gasteiger partial charge is 0.378 e. The number of benzene rings is 2. The molecule has 1 fully saturated rings. The van der Waals surface area contributed by atoms with Crippen LogP contribution in [0.4, 0.5) is 10.1 Å². The summed E-state index contributed by atoms with van der Waals surface area (Å²) in [6.07, 6.45) is 0. The zero-order valence-corrected chi connectivity index (χ0v) is 15.1. The Morgan fingerprint density at radius 1 is 1.16 bits per heavy atom. The summed E-state index contributed by atoms with van der Waals surface area (Å²) in [5.74, 6) is -0.365. The molecule has 25 heavy (non-hydrogen) atoms. The highest BCUT2D eigenvalue weighted by molar-refractivity contribution is 7.89. The summed E-state index contributed by atoms with van der Waals surface area (Å²) in [5, 5.41) is 3.20. The minimum Gasteiger partial charge on any atom is -0.378 e. The summed E-state index contributed by atoms with van der Waals surface area (Å²) in [6, 6.07) is 12.5. The molecule has 5 nitrogen and oxygen atoms in total. The van der Waals surface area contributed by atoms with Crippen molar-refractivity contribution < 1.29 is 12.8 Å². The normalized spacial score (nSPS) is 18.9. The van der Waals surface area contributed by atoms with E-state index < -0.39 is 16.1 Å². The lowest BCUT2D eigenvalue weighted by atomic mass is 10.1. The Bertz CT molecular complexity index is 838. The highest BCUT2D eigenvalue weighted by atomic mass is 32.2. The molecule has 1 heterocycles. The van der Waals surface area contributed by atoms with Crippen molar-refractivity contribution in [3.8, 4) is 0 Å². The van der Waals surface area contributed by atoms with Crippen LogP contribution in [0.2, 0.25) is 0 Å². The van der Waals surface area contributed by atoms with Gasteiger partial charge in [-0.2, -0.15) is 4.31 Å². The van der Waals surface area contributed by atoms with E-state index in [0.29, 0.717) is 25.2 Å². The Hall–Kier alpha value is -1.96. The molecule has 2 aromatic rings. The van der Waals surface area contributed by atoms with Gasteiger partial charge in [0.2, 0.25) is 10.0 Å². The van der Waals surface area contributed by atoms with E-state index in [-0.39, 0.29) is 10.7 Å². The molecule has 0 bridgehead atoms. The lowest BCUT2D eigenvalue weighted by molar-refractivity contribution is 0.271. The molecular weight excluding hydrogens is 341 g/mol. The Morgan fingerprint density at radius 3 is 2.52 bits per heavy atom. The van der Waals surface area contributed by atoms with Crippen molar-refractivity contribution in [1.82, 2.24) is 9.62 Å². The van der Waals surface area contributed by atoms with E-state index >= 15 is 0 Å². The van der Waals surface area contributed by atoms with Gasteiger partial charge in [0.1, 0.15) is 5.82 Å². The highest BCUT2D eigenvalue weighted by Crippen LogP contribution is 2.29. The Balaban J connectivity index is 1.95. The van der Waals surface area contributed by atoms with Gasteiger partial charge >= 0.3 is 0 Å². The van der Waals surface area contributed by atoms with Gasteiger partial charge in [-0.3, -0.25) is 0 Å². The second-order valence-corrected chi connectivity index (χ2v) is 8.17. The van der Waals surface area contributed by atoms with Gasteiger partial charge in [0.15, 0.2) is 0 Å². The average molecular weight is 363 g/mol. The summed E-state index contributed by atoms with van der Waals surface area (Å²) in [6.45, 7) is 1.37. The summed E-state index contributed by atoms with van der Waals surface area (Å²) in [5.41, 5.74) is 1.58. The fraction of sp³-hybridized carbons (Fsp3) is 0.333. The number of piperazine rings is 1. The van der Waals surface area contributed by atoms with Crippen LogP contribution < -0.4 is 10.2 Å². The van der Waals surface area contributed by atoms with Crippen LogP contribution >= 0.6 is 0 Å². The summed E-state index contributed by atoms with van der Waals surface area (Å²) >= 11 is 0. The third-order valence-electron chi connectivity index (χ3n) is 4.39. The molecule has 3 rings (SSSR count). The van der Waals surface area contributed by atoms with Crippen molar-refractivity contribution >= 4 is 15.7 Å². The predicted molar refractivity (Wildman–Crippen MR) is 96.7 cm³/mol. The number of hydrogen-bond donors (Lipinski definition) is 1. The SMILES string of the molecule is CN(C)c1ccc(S(=O)(=O)N2CCNCC2c2cccc(F)c2)cc1. The number of rotatable bonds is 4. The van der Waals surface area contributed by atoms with Crippen molar-refractivity contribution in [1.29, 1.82) is 0 Å². The van der Waals surface area contributed by atoms with Gasteiger partial charge < -0.3 is 10.2 Å². The third kappa shape index (κ3) is 3.68. The monoisotopic (exact) mass is 363 g/mol. The number of anilines is 1. The third-order valence-corrected chi connectivity index (χ3v) is 6.31. The Kier molecular flexibility index (Phi) is 5.08. The number of sulfonamides is 1. The number of halogens is 1. The maximum absolute atomic E-state index is 13.6. The maximum Gasteiger partial charge on any atom is 0.243 e. The second-order valence-electron chi connectivity index (χ2n) is 6.28. The quantitative estimate of drug-likeness (QED) is 0.905. The smallest absolute Gasteiger partial charge is 0.243 e. The van der Waals surface area contributed by atoms with Crippen LogP contribution in [0.3, 0.4) is 0 Å². The van der Waals surface area contributed by atoms with Crippen LogP contribution in [0.1, 0.15) is 11.6 Å². The van der Waals surface area contributed by atoms with Crippen molar-refractivity contribution in [2.75, 3.05) is 38.6 Å². The van der Waals surface area contributed by atoms with Gasteiger partial charge in [0.05, 0.1) is 10.9 Å². The van der Waals surface area contributed by atoms with Crippen LogP contribution in [0, 0.1) is 5.82 Å². The first-order valence-corrected chi connectivity index (χ1v) is 9.59. The maximum atomic E-state index is 13.6. The van der Waals surface area contributed by atoms with E-state index in [1.54, 1.807) is 36.4 Å². The Morgan fingerprint density at radius 2 is 1.88 bits per heavy atom. The molecule has 1 N–H and O–H groups in total. The molecule has 0 amide bonds. The second kappa shape index (κ2) is 7.11. The van der Waals surface area contributed by atoms with Crippen LogP contribution in [-0.2, 0) is 10.0 Å². The molecule has 1 aliphatic rings. The highest BCUT2D eigenvalue weighted by Gasteiger charge is 2.34. The molecule has 0 aliphatic carbocycles. The van der Waals surface area contributed by atoms with Crippen LogP contribution in [0.15, 0.2) is 53.4 Å². The average Bonchev–Trinajstić information content (AvgIpc) is 2.62. The lowest BCUT2D eigenvalue weighted by Crippen LogP contribution is -2.48. The van der Waals surface area contributed by atoms with E-state index in [2.05, 4.69) is 5.32 Å². The molecule has 1 atom stereocenters. The standard InChI is InChI=1S/C18H22FN3O2S/c1-21(2)16-6-8-17(9-7-16)25(23,24)22-11-10-20-13-18(22)14-4-3-5-15(19)12-14/h3-9,12,18,20H,10-11,13H2,1-2H3. The van der Waals surface area contributed by atoms with E-state index in [1.807, 2.05) is 19.0 Å². The number of hydrogen-bond acceptors (Lipinski definition) is 4. The molecule has 1 aliphatic heterocycles. The van der Waals surface area contributed by atoms with Crippen LogP contribution in [0.5, 0.6) is 0 Å². The molecule has 2 aromatic carbocycles. The first kappa shape index (κ1) is 17.8. The van der Waals surface area contributed by atoms with Crippen LogP contribution in [-0.4, -0.2) is 46.5 Å². The zero-order valence-electron chi connectivity index (χ0n) is 14.3. The molecule has 7 heteroatoms. The van der Waals surface area contributed by atoms with Crippen molar-refractivity contribution in [3.63, 3.8) is 0 Å². The van der Waals surface area contributed by atoms with E-state index in [9.17, 15) is 12.8 Å². The zero-order chi connectivity index (χ0) is 18.0. The predicted octanol–water partition coefficient (Wildman–Crippen LogP) is 2.23. The molecule has 0 saturated carbocycles.